The topological polar surface area (TPSA) is 86.8 Å². The number of carbonyl (C=O) groups is 2. The lowest BCUT2D eigenvalue weighted by Gasteiger charge is -2.16. The second-order valence-corrected chi connectivity index (χ2v) is 9.31. The normalized spacial score (nSPS) is 17.7. The first kappa shape index (κ1) is 21.2. The van der Waals surface area contributed by atoms with E-state index in [0.717, 1.165) is 17.7 Å². The molecule has 31 heavy (non-hydrogen) atoms. The molecule has 1 N–H and O–H groups in total. The maximum Gasteiger partial charge on any atom is 0.278 e. The summed E-state index contributed by atoms with van der Waals surface area (Å²) in [5.74, 6) is -1.45. The van der Waals surface area contributed by atoms with Gasteiger partial charge in [0.05, 0.1) is 10.5 Å². The van der Waals surface area contributed by atoms with Gasteiger partial charge in [-0.15, -0.1) is 0 Å². The fourth-order valence-corrected chi connectivity index (χ4v) is 5.38. The largest absolute Gasteiger partial charge is 0.350 e. The second kappa shape index (κ2) is 8.24. The summed E-state index contributed by atoms with van der Waals surface area (Å²) in [6.07, 6.45) is 1.66. The number of hydrogen-bond donors (Lipinski definition) is 1. The predicted molar refractivity (Wildman–Crippen MR) is 114 cm³/mol. The SMILES string of the molecule is CCN1C(=O)C(Nc2cccc(S(=O)(=O)N3CCCC3)c2)=C(c2ccc(F)cc2)C1=O. The van der Waals surface area contributed by atoms with E-state index in [1.54, 1.807) is 19.1 Å². The van der Waals surface area contributed by atoms with Crippen molar-refractivity contribution in [3.63, 3.8) is 0 Å². The van der Waals surface area contributed by atoms with Gasteiger partial charge in [0.2, 0.25) is 10.0 Å². The number of imide groups is 1. The molecule has 0 spiro atoms. The molecule has 162 valence electrons. The van der Waals surface area contributed by atoms with Gasteiger partial charge < -0.3 is 5.32 Å². The Hall–Kier alpha value is -3.04. The Morgan fingerprint density at radius 3 is 2.32 bits per heavy atom. The van der Waals surface area contributed by atoms with Crippen molar-refractivity contribution < 1.29 is 22.4 Å². The van der Waals surface area contributed by atoms with Crippen LogP contribution in [0.2, 0.25) is 0 Å². The van der Waals surface area contributed by atoms with Crippen molar-refractivity contribution in [1.82, 2.24) is 9.21 Å². The van der Waals surface area contributed by atoms with Crippen LogP contribution in [0.4, 0.5) is 10.1 Å². The van der Waals surface area contributed by atoms with E-state index in [4.69, 9.17) is 0 Å². The monoisotopic (exact) mass is 443 g/mol. The van der Waals surface area contributed by atoms with Crippen LogP contribution in [0.5, 0.6) is 0 Å². The zero-order chi connectivity index (χ0) is 22.2. The number of hydrogen-bond acceptors (Lipinski definition) is 5. The van der Waals surface area contributed by atoms with Gasteiger partial charge in [-0.05, 0) is 55.7 Å². The highest BCUT2D eigenvalue weighted by atomic mass is 32.2. The number of halogens is 1. The first-order valence-electron chi connectivity index (χ1n) is 10.1. The Morgan fingerprint density at radius 1 is 1.00 bits per heavy atom. The molecule has 0 aliphatic carbocycles. The molecule has 2 amide bonds. The van der Waals surface area contributed by atoms with Gasteiger partial charge >= 0.3 is 0 Å². The number of amides is 2. The molecule has 0 saturated carbocycles. The summed E-state index contributed by atoms with van der Waals surface area (Å²) in [5, 5.41) is 2.94. The molecule has 9 heteroatoms. The summed E-state index contributed by atoms with van der Waals surface area (Å²) < 4.78 is 40.6. The molecule has 7 nitrogen and oxygen atoms in total. The molecule has 2 aliphatic heterocycles. The molecule has 0 unspecified atom stereocenters. The maximum absolute atomic E-state index is 13.4. The van der Waals surface area contributed by atoms with Crippen LogP contribution in [0.25, 0.3) is 5.57 Å². The van der Waals surface area contributed by atoms with Crippen LogP contribution in [0.15, 0.2) is 59.1 Å². The Kier molecular flexibility index (Phi) is 5.63. The molecular weight excluding hydrogens is 421 g/mol. The maximum atomic E-state index is 13.4. The van der Waals surface area contributed by atoms with Gasteiger partial charge in [0, 0.05) is 25.3 Å². The molecule has 2 heterocycles. The molecule has 1 saturated heterocycles. The molecule has 0 aromatic heterocycles. The molecule has 1 fully saturated rings. The van der Waals surface area contributed by atoms with E-state index in [1.165, 1.54) is 40.7 Å². The van der Waals surface area contributed by atoms with Crippen LogP contribution in [0, 0.1) is 5.82 Å². The third kappa shape index (κ3) is 3.86. The van der Waals surface area contributed by atoms with Gasteiger partial charge in [0.15, 0.2) is 0 Å². The lowest BCUT2D eigenvalue weighted by atomic mass is 10.0. The van der Waals surface area contributed by atoms with Gasteiger partial charge in [-0.1, -0.05) is 18.2 Å². The van der Waals surface area contributed by atoms with Gasteiger partial charge in [-0.3, -0.25) is 14.5 Å². The van der Waals surface area contributed by atoms with E-state index >= 15 is 0 Å². The first-order valence-corrected chi connectivity index (χ1v) is 11.5. The highest BCUT2D eigenvalue weighted by molar-refractivity contribution is 7.89. The standard InChI is InChI=1S/C22H22FN3O4S/c1-2-26-21(27)19(15-8-10-16(23)11-9-15)20(22(26)28)24-17-6-5-7-18(14-17)31(29,30)25-12-3-4-13-25/h5-11,14,24H,2-4,12-13H2,1H3. The molecule has 0 radical (unpaired) electrons. The minimum Gasteiger partial charge on any atom is -0.350 e. The fraction of sp³-hybridized carbons (Fsp3) is 0.273. The first-order chi connectivity index (χ1) is 14.8. The van der Waals surface area contributed by atoms with Crippen LogP contribution in [0.3, 0.4) is 0 Å². The van der Waals surface area contributed by atoms with Crippen LogP contribution < -0.4 is 5.32 Å². The van der Waals surface area contributed by atoms with Gasteiger partial charge in [0.25, 0.3) is 11.8 Å². The summed E-state index contributed by atoms with van der Waals surface area (Å²) in [6, 6.07) is 11.5. The average Bonchev–Trinajstić information content (AvgIpc) is 3.37. The third-order valence-electron chi connectivity index (χ3n) is 5.42. The van der Waals surface area contributed by atoms with Gasteiger partial charge in [0.1, 0.15) is 11.5 Å². The van der Waals surface area contributed by atoms with E-state index in [1.807, 2.05) is 0 Å². The van der Waals surface area contributed by atoms with Crippen molar-refractivity contribution in [2.75, 3.05) is 25.0 Å². The van der Waals surface area contributed by atoms with Gasteiger partial charge in [-0.2, -0.15) is 4.31 Å². The van der Waals surface area contributed by atoms with Crippen LogP contribution >= 0.6 is 0 Å². The number of likely N-dealkylation sites (N-methyl/N-ethyl adjacent to an activating group) is 1. The summed E-state index contributed by atoms with van der Waals surface area (Å²) >= 11 is 0. The number of rotatable bonds is 6. The number of benzene rings is 2. The molecular formula is C22H22FN3O4S. The van der Waals surface area contributed by atoms with E-state index in [0.29, 0.717) is 24.3 Å². The van der Waals surface area contributed by atoms with Crippen LogP contribution in [-0.2, 0) is 19.6 Å². The number of nitrogens with zero attached hydrogens (tertiary/aromatic N) is 2. The summed E-state index contributed by atoms with van der Waals surface area (Å²) in [6.45, 7) is 2.83. The molecule has 2 aromatic carbocycles. The lowest BCUT2D eigenvalue weighted by Crippen LogP contribution is -2.32. The third-order valence-corrected chi connectivity index (χ3v) is 7.32. The van der Waals surface area contributed by atoms with E-state index < -0.39 is 27.7 Å². The summed E-state index contributed by atoms with van der Waals surface area (Å²) in [5.41, 5.74) is 0.932. The Bertz CT molecular complexity index is 1170. The zero-order valence-corrected chi connectivity index (χ0v) is 17.8. The predicted octanol–water partition coefficient (Wildman–Crippen LogP) is 2.82. The van der Waals surface area contributed by atoms with Crippen molar-refractivity contribution in [2.24, 2.45) is 0 Å². The van der Waals surface area contributed by atoms with Crippen molar-refractivity contribution in [1.29, 1.82) is 0 Å². The van der Waals surface area contributed by atoms with Crippen molar-refractivity contribution >= 4 is 33.1 Å². The van der Waals surface area contributed by atoms with Crippen molar-refractivity contribution in [3.05, 3.63) is 65.6 Å². The fourth-order valence-electron chi connectivity index (χ4n) is 3.82. The highest BCUT2D eigenvalue weighted by Crippen LogP contribution is 2.31. The Balaban J connectivity index is 1.73. The molecule has 0 atom stereocenters. The number of nitrogens with one attached hydrogen (secondary N) is 1. The summed E-state index contributed by atoms with van der Waals surface area (Å²) in [4.78, 5) is 26.9. The average molecular weight is 444 g/mol. The van der Waals surface area contributed by atoms with Crippen molar-refractivity contribution in [2.45, 2.75) is 24.7 Å². The molecule has 2 aromatic rings. The lowest BCUT2D eigenvalue weighted by molar-refractivity contribution is -0.136. The second-order valence-electron chi connectivity index (χ2n) is 7.38. The van der Waals surface area contributed by atoms with Gasteiger partial charge in [-0.25, -0.2) is 12.8 Å². The van der Waals surface area contributed by atoms with Crippen LogP contribution in [0.1, 0.15) is 25.3 Å². The number of sulfonamides is 1. The van der Waals surface area contributed by atoms with Crippen LogP contribution in [-0.4, -0.2) is 49.1 Å². The molecule has 0 bridgehead atoms. The minimum atomic E-state index is -3.63. The van der Waals surface area contributed by atoms with E-state index in [-0.39, 0.29) is 22.7 Å². The zero-order valence-electron chi connectivity index (χ0n) is 17.0. The van der Waals surface area contributed by atoms with Crippen molar-refractivity contribution in [3.8, 4) is 0 Å². The number of anilines is 1. The Morgan fingerprint density at radius 2 is 1.68 bits per heavy atom. The highest BCUT2D eigenvalue weighted by Gasteiger charge is 2.38. The Labute approximate surface area is 180 Å². The summed E-state index contributed by atoms with van der Waals surface area (Å²) in [7, 11) is -3.63. The van der Waals surface area contributed by atoms with E-state index in [2.05, 4.69) is 5.32 Å². The number of carbonyl (C=O) groups excluding carboxylic acids is 2. The van der Waals surface area contributed by atoms with E-state index in [9.17, 15) is 22.4 Å². The minimum absolute atomic E-state index is 0.0363. The smallest absolute Gasteiger partial charge is 0.278 e. The molecule has 2 aliphatic rings. The quantitative estimate of drug-likeness (QED) is 0.694. The molecule has 4 rings (SSSR count).